The smallest absolute Gasteiger partial charge is 0.256 e. The standard InChI is InChI=1S/C24H36N2O2/c1-3-5-6-7-8-9-10-11-12-13-23-25(4-2)18-19-26(23)20-21-14-16-22(17-15-21)24(27)28/h14-19H,3-13,20H2,1-2H3. The van der Waals surface area contributed by atoms with Gasteiger partial charge in [0.05, 0.1) is 12.5 Å². The normalized spacial score (nSPS) is 11.1. The van der Waals surface area contributed by atoms with Gasteiger partial charge in [0, 0.05) is 6.42 Å². The van der Waals surface area contributed by atoms with E-state index in [-0.39, 0.29) is 5.56 Å². The Morgan fingerprint density at radius 2 is 1.54 bits per heavy atom. The Balaban J connectivity index is 1.82. The van der Waals surface area contributed by atoms with Gasteiger partial charge in [-0.05, 0) is 24.5 Å². The quantitative estimate of drug-likeness (QED) is 0.360. The third-order valence-electron chi connectivity index (χ3n) is 5.48. The fourth-order valence-electron chi connectivity index (χ4n) is 3.75. The number of aryl methyl sites for hydroxylation is 1. The summed E-state index contributed by atoms with van der Waals surface area (Å²) in [5.74, 6) is 0.233. The minimum atomic E-state index is -1.12. The summed E-state index contributed by atoms with van der Waals surface area (Å²) in [5.41, 5.74) is 1.34. The maximum Gasteiger partial charge on any atom is 0.256 e. The first kappa shape index (κ1) is 22.2. The molecule has 0 amide bonds. The van der Waals surface area contributed by atoms with E-state index in [4.69, 9.17) is 0 Å². The first-order valence-electron chi connectivity index (χ1n) is 11.0. The van der Waals surface area contributed by atoms with Gasteiger partial charge in [-0.2, -0.15) is 0 Å². The number of hydrogen-bond acceptors (Lipinski definition) is 2. The highest BCUT2D eigenvalue weighted by molar-refractivity contribution is 5.85. The molecule has 0 bridgehead atoms. The Morgan fingerprint density at radius 3 is 2.11 bits per heavy atom. The van der Waals surface area contributed by atoms with Crippen molar-refractivity contribution in [3.8, 4) is 0 Å². The summed E-state index contributed by atoms with van der Waals surface area (Å²) in [6, 6.07) is 7.01. The molecule has 2 rings (SSSR count). The number of imidazole rings is 1. The van der Waals surface area contributed by atoms with Crippen molar-refractivity contribution < 1.29 is 14.5 Å². The van der Waals surface area contributed by atoms with Gasteiger partial charge < -0.3 is 9.90 Å². The molecule has 4 nitrogen and oxygen atoms in total. The Kier molecular flexibility index (Phi) is 9.81. The Morgan fingerprint density at radius 1 is 0.929 bits per heavy atom. The largest absolute Gasteiger partial charge is 0.545 e. The Labute approximate surface area is 170 Å². The molecule has 0 spiro atoms. The topological polar surface area (TPSA) is 48.9 Å². The molecule has 1 aromatic carbocycles. The lowest BCUT2D eigenvalue weighted by atomic mass is 10.1. The highest BCUT2D eigenvalue weighted by atomic mass is 16.4. The lowest BCUT2D eigenvalue weighted by Gasteiger charge is -2.07. The predicted molar refractivity (Wildman–Crippen MR) is 111 cm³/mol. The zero-order valence-electron chi connectivity index (χ0n) is 17.7. The SMILES string of the molecule is CCCCCCCCCCCc1n(CC)cc[n+]1Cc1ccc(C(=O)[O-])cc1. The van der Waals surface area contributed by atoms with Gasteiger partial charge in [-0.25, -0.2) is 9.13 Å². The van der Waals surface area contributed by atoms with Crippen LogP contribution in [0.4, 0.5) is 0 Å². The highest BCUT2D eigenvalue weighted by Gasteiger charge is 2.16. The number of benzene rings is 1. The zero-order valence-corrected chi connectivity index (χ0v) is 17.7. The van der Waals surface area contributed by atoms with E-state index < -0.39 is 5.97 Å². The highest BCUT2D eigenvalue weighted by Crippen LogP contribution is 2.12. The molecule has 0 unspecified atom stereocenters. The number of rotatable bonds is 14. The molecule has 4 heteroatoms. The molecule has 0 saturated heterocycles. The van der Waals surface area contributed by atoms with Crippen LogP contribution >= 0.6 is 0 Å². The molecule has 154 valence electrons. The maximum absolute atomic E-state index is 10.9. The number of nitrogens with zero attached hydrogens (tertiary/aromatic N) is 2. The lowest BCUT2D eigenvalue weighted by molar-refractivity contribution is -0.695. The van der Waals surface area contributed by atoms with Crippen LogP contribution in [0.1, 0.15) is 93.4 Å². The van der Waals surface area contributed by atoms with Crippen molar-refractivity contribution in [2.24, 2.45) is 0 Å². The molecule has 0 aliphatic rings. The molecule has 0 atom stereocenters. The molecule has 2 aromatic rings. The first-order chi connectivity index (χ1) is 13.7. The van der Waals surface area contributed by atoms with E-state index in [1.807, 2.05) is 12.1 Å². The van der Waals surface area contributed by atoms with Crippen LogP contribution in [0.15, 0.2) is 36.7 Å². The molecule has 0 radical (unpaired) electrons. The summed E-state index contributed by atoms with van der Waals surface area (Å²) in [6.07, 6.45) is 17.5. The monoisotopic (exact) mass is 384 g/mol. The van der Waals surface area contributed by atoms with Crippen molar-refractivity contribution in [2.75, 3.05) is 0 Å². The number of unbranched alkanes of at least 4 members (excludes halogenated alkanes) is 8. The molecule has 0 aliphatic carbocycles. The second kappa shape index (κ2) is 12.4. The van der Waals surface area contributed by atoms with Crippen LogP contribution in [-0.2, 0) is 19.5 Å². The van der Waals surface area contributed by atoms with Crippen molar-refractivity contribution >= 4 is 5.97 Å². The van der Waals surface area contributed by atoms with Crippen LogP contribution in [0, 0.1) is 0 Å². The molecule has 0 fully saturated rings. The van der Waals surface area contributed by atoms with Gasteiger partial charge in [-0.1, -0.05) is 82.6 Å². The van der Waals surface area contributed by atoms with Gasteiger partial charge in [0.1, 0.15) is 18.9 Å². The molecule has 1 aromatic heterocycles. The van der Waals surface area contributed by atoms with Crippen LogP contribution in [0.5, 0.6) is 0 Å². The zero-order chi connectivity index (χ0) is 20.2. The molecular weight excluding hydrogens is 348 g/mol. The van der Waals surface area contributed by atoms with Gasteiger partial charge in [0.2, 0.25) is 0 Å². The van der Waals surface area contributed by atoms with E-state index in [9.17, 15) is 9.90 Å². The van der Waals surface area contributed by atoms with Crippen LogP contribution in [0.3, 0.4) is 0 Å². The summed E-state index contributed by atoms with van der Waals surface area (Å²) in [7, 11) is 0. The number of carboxylic acids is 1. The van der Waals surface area contributed by atoms with Crippen LogP contribution in [0.2, 0.25) is 0 Å². The number of carboxylic acid groups (broad SMARTS) is 1. The van der Waals surface area contributed by atoms with Crippen molar-refractivity contribution in [3.05, 3.63) is 53.6 Å². The number of carbonyl (C=O) groups is 1. The van der Waals surface area contributed by atoms with Crippen molar-refractivity contribution in [1.29, 1.82) is 0 Å². The van der Waals surface area contributed by atoms with Crippen molar-refractivity contribution in [2.45, 2.75) is 91.1 Å². The Hall–Kier alpha value is -2.10. The molecule has 0 N–H and O–H groups in total. The minimum Gasteiger partial charge on any atom is -0.545 e. The van der Waals surface area contributed by atoms with Gasteiger partial charge in [-0.3, -0.25) is 0 Å². The van der Waals surface area contributed by atoms with Crippen molar-refractivity contribution in [1.82, 2.24) is 4.57 Å². The summed E-state index contributed by atoms with van der Waals surface area (Å²) >= 11 is 0. The summed E-state index contributed by atoms with van der Waals surface area (Å²) in [6.45, 7) is 6.19. The summed E-state index contributed by atoms with van der Waals surface area (Å²) in [4.78, 5) is 10.9. The minimum absolute atomic E-state index is 0.231. The van der Waals surface area contributed by atoms with Gasteiger partial charge in [0.15, 0.2) is 0 Å². The summed E-state index contributed by atoms with van der Waals surface area (Å²) < 4.78 is 4.61. The van der Waals surface area contributed by atoms with E-state index in [0.29, 0.717) is 0 Å². The van der Waals surface area contributed by atoms with Crippen LogP contribution in [0.25, 0.3) is 0 Å². The lowest BCUT2D eigenvalue weighted by Crippen LogP contribution is -2.37. The van der Waals surface area contributed by atoms with Crippen LogP contribution < -0.4 is 9.67 Å². The van der Waals surface area contributed by atoms with E-state index >= 15 is 0 Å². The predicted octanol–water partition coefficient (Wildman–Crippen LogP) is 4.28. The number of carbonyl (C=O) groups excluding carboxylic acids is 1. The second-order valence-electron chi connectivity index (χ2n) is 7.69. The Bertz CT molecular complexity index is 704. The average molecular weight is 385 g/mol. The second-order valence-corrected chi connectivity index (χ2v) is 7.69. The third-order valence-corrected chi connectivity index (χ3v) is 5.48. The number of aromatic nitrogens is 2. The molecule has 28 heavy (non-hydrogen) atoms. The third kappa shape index (κ3) is 7.14. The van der Waals surface area contributed by atoms with E-state index in [0.717, 1.165) is 25.1 Å². The van der Waals surface area contributed by atoms with Gasteiger partial charge in [-0.15, -0.1) is 0 Å². The molecule has 0 saturated carbocycles. The fourth-order valence-corrected chi connectivity index (χ4v) is 3.75. The molecular formula is C24H36N2O2. The number of hydrogen-bond donors (Lipinski definition) is 0. The number of aromatic carboxylic acids is 1. The molecule has 1 heterocycles. The first-order valence-corrected chi connectivity index (χ1v) is 11.0. The van der Waals surface area contributed by atoms with Gasteiger partial charge in [0.25, 0.3) is 5.82 Å². The van der Waals surface area contributed by atoms with E-state index in [1.165, 1.54) is 63.6 Å². The maximum atomic E-state index is 10.9. The van der Waals surface area contributed by atoms with Crippen molar-refractivity contribution in [3.63, 3.8) is 0 Å². The fraction of sp³-hybridized carbons (Fsp3) is 0.583. The van der Waals surface area contributed by atoms with E-state index in [2.05, 4.69) is 35.4 Å². The molecule has 0 aliphatic heterocycles. The average Bonchev–Trinajstić information content (AvgIpc) is 3.08. The van der Waals surface area contributed by atoms with E-state index in [1.54, 1.807) is 12.1 Å². The van der Waals surface area contributed by atoms with Crippen LogP contribution in [-0.4, -0.2) is 10.5 Å². The summed E-state index contributed by atoms with van der Waals surface area (Å²) in [5, 5.41) is 10.9. The van der Waals surface area contributed by atoms with Gasteiger partial charge >= 0.3 is 0 Å².